The molecule has 4 fully saturated rings. The Labute approximate surface area is 270 Å². The highest BCUT2D eigenvalue weighted by molar-refractivity contribution is 6.05. The smallest absolute Gasteiger partial charge is 0.258 e. The van der Waals surface area contributed by atoms with Gasteiger partial charge in [-0.15, -0.1) is 0 Å². The number of aromatic nitrogens is 5. The number of anilines is 2. The molecule has 1 spiro atoms. The number of nitrogens with one attached hydrogen (secondary N) is 1. The lowest BCUT2D eigenvalue weighted by molar-refractivity contribution is 0.102. The number of carbonyl (C=O) groups is 1. The lowest BCUT2D eigenvalue weighted by atomic mass is 9.78. The van der Waals surface area contributed by atoms with Gasteiger partial charge in [0.1, 0.15) is 6.61 Å². The number of hydrogen-bond donors (Lipinski definition) is 1. The van der Waals surface area contributed by atoms with Gasteiger partial charge in [-0.1, -0.05) is 0 Å². The van der Waals surface area contributed by atoms with Crippen LogP contribution in [0, 0.1) is 12.8 Å². The summed E-state index contributed by atoms with van der Waals surface area (Å²) in [4.78, 5) is 31.5. The average Bonchev–Trinajstić information content (AvgIpc) is 3.47. The number of rotatable bonds is 2. The van der Waals surface area contributed by atoms with E-state index in [-0.39, 0.29) is 11.4 Å². The fourth-order valence-electron chi connectivity index (χ4n) is 8.49. The van der Waals surface area contributed by atoms with Crippen LogP contribution in [0.15, 0.2) is 36.5 Å². The number of nitrogens with zero attached hydrogens (tertiary/aromatic N) is 8. The molecule has 11 heteroatoms. The van der Waals surface area contributed by atoms with Crippen LogP contribution < -0.4 is 15.0 Å². The number of carbonyl (C=O) groups excluding carboxylic acids is 1. The van der Waals surface area contributed by atoms with Crippen molar-refractivity contribution in [2.45, 2.75) is 57.0 Å². The number of piperidine rings is 1. The molecule has 11 nitrogen and oxygen atoms in total. The first-order chi connectivity index (χ1) is 22.3. The molecule has 0 radical (unpaired) electrons. The molecule has 1 saturated carbocycles. The van der Waals surface area contributed by atoms with E-state index >= 15 is 0 Å². The van der Waals surface area contributed by atoms with Gasteiger partial charge in [0.15, 0.2) is 0 Å². The van der Waals surface area contributed by atoms with E-state index in [1.807, 2.05) is 26.1 Å². The predicted octanol–water partition coefficient (Wildman–Crippen LogP) is 4.52. The number of pyridine rings is 1. The van der Waals surface area contributed by atoms with E-state index in [9.17, 15) is 4.79 Å². The van der Waals surface area contributed by atoms with E-state index in [0.717, 1.165) is 80.7 Å². The molecule has 4 aliphatic heterocycles. The number of hydrogen-bond acceptors (Lipinski definition) is 8. The van der Waals surface area contributed by atoms with Crippen molar-refractivity contribution in [3.05, 3.63) is 47.8 Å². The van der Waals surface area contributed by atoms with E-state index in [1.54, 1.807) is 10.9 Å². The van der Waals surface area contributed by atoms with Crippen molar-refractivity contribution in [2.24, 2.45) is 13.0 Å². The summed E-state index contributed by atoms with van der Waals surface area (Å²) < 4.78 is 10.6. The van der Waals surface area contributed by atoms with Crippen molar-refractivity contribution in [1.82, 2.24) is 34.1 Å². The predicted molar refractivity (Wildman–Crippen MR) is 180 cm³/mol. The van der Waals surface area contributed by atoms with Crippen molar-refractivity contribution in [3.8, 4) is 17.1 Å². The van der Waals surface area contributed by atoms with Crippen LogP contribution in [-0.2, 0) is 12.6 Å². The van der Waals surface area contributed by atoms with Crippen molar-refractivity contribution in [2.75, 3.05) is 63.6 Å². The Hall–Kier alpha value is -3.96. The maximum Gasteiger partial charge on any atom is 0.258 e. The third-order valence-electron chi connectivity index (χ3n) is 11.0. The number of aryl methyl sites for hydroxylation is 2. The van der Waals surface area contributed by atoms with E-state index in [4.69, 9.17) is 14.7 Å². The molecule has 1 unspecified atom stereocenters. The second kappa shape index (κ2) is 11.4. The van der Waals surface area contributed by atoms with E-state index in [0.29, 0.717) is 41.7 Å². The van der Waals surface area contributed by atoms with Crippen LogP contribution in [-0.4, -0.2) is 99.5 Å². The number of ether oxygens (including phenoxy) is 1. The minimum Gasteiger partial charge on any atom is -0.476 e. The zero-order valence-corrected chi connectivity index (χ0v) is 27.5. The summed E-state index contributed by atoms with van der Waals surface area (Å²) in [6.45, 7) is 7.31. The number of imidazole rings is 1. The van der Waals surface area contributed by atoms with Gasteiger partial charge in [0.25, 0.3) is 5.91 Å². The topological polar surface area (TPSA) is 96.6 Å². The summed E-state index contributed by atoms with van der Waals surface area (Å²) in [5.74, 6) is 1.78. The van der Waals surface area contributed by atoms with Gasteiger partial charge in [0, 0.05) is 62.8 Å². The van der Waals surface area contributed by atoms with E-state index < -0.39 is 0 Å². The monoisotopic (exact) mass is 623 g/mol. The van der Waals surface area contributed by atoms with Gasteiger partial charge in [-0.2, -0.15) is 5.10 Å². The zero-order valence-electron chi connectivity index (χ0n) is 27.5. The molecule has 1 aliphatic carbocycles. The lowest BCUT2D eigenvalue weighted by Crippen LogP contribution is -2.45. The highest BCUT2D eigenvalue weighted by atomic mass is 16.5. The van der Waals surface area contributed by atoms with Crippen molar-refractivity contribution < 1.29 is 9.53 Å². The van der Waals surface area contributed by atoms with Crippen LogP contribution >= 0.6 is 0 Å². The largest absolute Gasteiger partial charge is 0.476 e. The summed E-state index contributed by atoms with van der Waals surface area (Å²) >= 11 is 0. The first-order valence-corrected chi connectivity index (χ1v) is 16.9. The summed E-state index contributed by atoms with van der Waals surface area (Å²) in [6, 6.07) is 11.0. The first-order valence-electron chi connectivity index (χ1n) is 16.9. The van der Waals surface area contributed by atoms with Gasteiger partial charge in [0.05, 0.1) is 34.0 Å². The Bertz CT molecular complexity index is 1780. The molecule has 1 atom stereocenters. The molecule has 9 rings (SSSR count). The number of amides is 1. The van der Waals surface area contributed by atoms with Crippen LogP contribution in [0.1, 0.15) is 54.6 Å². The third kappa shape index (κ3) is 5.13. The zero-order chi connectivity index (χ0) is 31.6. The fraction of sp³-hybridized carbons (Fsp3) is 0.543. The molecule has 3 aromatic heterocycles. The van der Waals surface area contributed by atoms with Crippen LogP contribution in [0.25, 0.3) is 22.3 Å². The van der Waals surface area contributed by atoms with Gasteiger partial charge in [-0.3, -0.25) is 20.0 Å². The molecule has 7 heterocycles. The van der Waals surface area contributed by atoms with Crippen LogP contribution in [0.2, 0.25) is 0 Å². The molecule has 1 amide bonds. The van der Waals surface area contributed by atoms with Gasteiger partial charge >= 0.3 is 0 Å². The molecule has 46 heavy (non-hydrogen) atoms. The lowest BCUT2D eigenvalue weighted by Gasteiger charge is -2.40. The van der Waals surface area contributed by atoms with Gasteiger partial charge < -0.3 is 19.1 Å². The van der Waals surface area contributed by atoms with Gasteiger partial charge in [-0.25, -0.2) is 9.67 Å². The fourth-order valence-corrected chi connectivity index (χ4v) is 8.49. The Kier molecular flexibility index (Phi) is 7.28. The molecule has 5 bridgehead atoms. The van der Waals surface area contributed by atoms with Crippen molar-refractivity contribution in [3.63, 3.8) is 0 Å². The van der Waals surface area contributed by atoms with Crippen LogP contribution in [0.4, 0.5) is 11.6 Å². The van der Waals surface area contributed by atoms with Crippen molar-refractivity contribution in [1.29, 1.82) is 0 Å². The van der Waals surface area contributed by atoms with E-state index in [1.165, 1.54) is 18.5 Å². The number of fused-ring (bicyclic) bond motifs is 9. The Morgan fingerprint density at radius 1 is 1.02 bits per heavy atom. The van der Waals surface area contributed by atoms with Crippen molar-refractivity contribution >= 4 is 28.6 Å². The molecule has 1 N–H and O–H groups in total. The Balaban J connectivity index is 1.25. The average molecular weight is 624 g/mol. The molecule has 4 aromatic rings. The third-order valence-corrected chi connectivity index (χ3v) is 11.0. The number of benzene rings is 1. The first kappa shape index (κ1) is 29.4. The Morgan fingerprint density at radius 3 is 2.61 bits per heavy atom. The maximum absolute atomic E-state index is 14.1. The quantitative estimate of drug-likeness (QED) is 0.349. The highest BCUT2D eigenvalue weighted by Gasteiger charge is 2.44. The minimum atomic E-state index is -0.189. The molecule has 5 aliphatic rings. The second-order valence-corrected chi connectivity index (χ2v) is 14.2. The summed E-state index contributed by atoms with van der Waals surface area (Å²) in [5.41, 5.74) is 5.84. The van der Waals surface area contributed by atoms with Crippen LogP contribution in [0.3, 0.4) is 0 Å². The van der Waals surface area contributed by atoms with E-state index in [2.05, 4.69) is 62.0 Å². The SMILES string of the molecule is Cc1cc2cc(n1)-c1cnn(C)c1OCCN1CC3CCC(CC3)(C1)n1c(nc3ccc(N4CCC(N(C)C)CC4)cc31)NC2=O. The summed E-state index contributed by atoms with van der Waals surface area (Å²) in [6.07, 6.45) is 8.54. The minimum absolute atomic E-state index is 0.182. The summed E-state index contributed by atoms with van der Waals surface area (Å²) in [5, 5.41) is 7.78. The summed E-state index contributed by atoms with van der Waals surface area (Å²) in [7, 11) is 6.26. The molecular formula is C35H45N9O2. The normalized spacial score (nSPS) is 25.3. The molecule has 1 aromatic carbocycles. The molecule has 3 saturated heterocycles. The second-order valence-electron chi connectivity index (χ2n) is 14.2. The maximum atomic E-state index is 14.1. The standard InChI is InChI=1S/C35H45N9O2/c1-23-17-25-18-30(37-23)28-20-36-41(4)33(28)46-16-15-42-21-24-7-11-35(22-42,12-8-24)44-31-19-27(43-13-9-26(10-14-43)40(2)3)5-6-29(31)38-34(44)39-32(25)45/h5-6,17-20,24,26H,7-16,21-22H2,1-4H3,(H,38,39,45). The van der Waals surface area contributed by atoms with Gasteiger partial charge in [0.2, 0.25) is 11.8 Å². The van der Waals surface area contributed by atoms with Crippen LogP contribution in [0.5, 0.6) is 5.88 Å². The molecule has 242 valence electrons. The van der Waals surface area contributed by atoms with Gasteiger partial charge in [-0.05, 0) is 95.8 Å². The Morgan fingerprint density at radius 2 is 1.83 bits per heavy atom. The molecular weight excluding hydrogens is 578 g/mol. The highest BCUT2D eigenvalue weighted by Crippen LogP contribution is 2.46.